The summed E-state index contributed by atoms with van der Waals surface area (Å²) in [5, 5.41) is 11.4. The van der Waals surface area contributed by atoms with Crippen LogP contribution in [0.3, 0.4) is 0 Å². The van der Waals surface area contributed by atoms with Gasteiger partial charge in [0.05, 0.1) is 0 Å². The molecule has 2 atom stereocenters. The molecule has 3 amide bonds. The Balaban J connectivity index is 2.69. The van der Waals surface area contributed by atoms with Crippen molar-refractivity contribution in [2.45, 2.75) is 57.7 Å². The Kier molecular flexibility index (Phi) is 7.62. The molecule has 1 rings (SSSR count). The van der Waals surface area contributed by atoms with E-state index in [1.54, 1.807) is 26.3 Å². The Bertz CT molecular complexity index is 555. The maximum atomic E-state index is 12.5. The number of nitrogens with two attached hydrogens (primary N) is 2. The molecule has 0 radical (unpaired) electrons. The Morgan fingerprint density at radius 1 is 1.42 bits per heavy atom. The van der Waals surface area contributed by atoms with Crippen LogP contribution in [-0.4, -0.2) is 64.7 Å². The van der Waals surface area contributed by atoms with Gasteiger partial charge in [-0.25, -0.2) is 10.3 Å². The first-order chi connectivity index (χ1) is 12.0. The van der Waals surface area contributed by atoms with Crippen molar-refractivity contribution < 1.29 is 24.3 Å². The molecule has 1 heterocycles. The highest BCUT2D eigenvalue weighted by molar-refractivity contribution is 5.92. The highest BCUT2D eigenvalue weighted by Crippen LogP contribution is 2.19. The molecule has 0 saturated carbocycles. The molecule has 0 aliphatic carbocycles. The topological polar surface area (TPSA) is 172 Å². The minimum absolute atomic E-state index is 0.0629. The summed E-state index contributed by atoms with van der Waals surface area (Å²) in [5.41, 5.74) is 11.4. The van der Waals surface area contributed by atoms with E-state index >= 15 is 0 Å². The van der Waals surface area contributed by atoms with Gasteiger partial charge in [0.2, 0.25) is 5.91 Å². The maximum Gasteiger partial charge on any atom is 0.408 e. The second kappa shape index (κ2) is 9.22. The summed E-state index contributed by atoms with van der Waals surface area (Å²) in [6.45, 7) is 5.70. The van der Waals surface area contributed by atoms with Gasteiger partial charge >= 0.3 is 6.09 Å². The van der Waals surface area contributed by atoms with Gasteiger partial charge in [-0.2, -0.15) is 0 Å². The van der Waals surface area contributed by atoms with Crippen molar-refractivity contribution in [3.8, 4) is 0 Å². The maximum absolute atomic E-state index is 12.5. The number of guanidine groups is 1. The van der Waals surface area contributed by atoms with Crippen LogP contribution in [0.15, 0.2) is 4.99 Å². The monoisotopic (exact) mass is 372 g/mol. The summed E-state index contributed by atoms with van der Waals surface area (Å²) in [7, 11) is 0. The molecule has 0 aromatic rings. The van der Waals surface area contributed by atoms with Crippen LogP contribution in [0.25, 0.3) is 0 Å². The van der Waals surface area contributed by atoms with E-state index in [2.05, 4.69) is 10.3 Å². The number of nitrogens with one attached hydrogen (secondary N) is 2. The molecule has 0 unspecified atom stereocenters. The fourth-order valence-electron chi connectivity index (χ4n) is 2.59. The molecular weight excluding hydrogens is 344 g/mol. The summed E-state index contributed by atoms with van der Waals surface area (Å²) in [6, 6.07) is -1.66. The molecule has 0 spiro atoms. The highest BCUT2D eigenvalue weighted by Gasteiger charge is 2.39. The molecule has 1 aliphatic rings. The molecule has 11 heteroatoms. The zero-order valence-corrected chi connectivity index (χ0v) is 15.3. The summed E-state index contributed by atoms with van der Waals surface area (Å²) in [4.78, 5) is 41.5. The van der Waals surface area contributed by atoms with Crippen LogP contribution in [0.4, 0.5) is 4.79 Å². The number of ether oxygens (including phenoxy) is 1. The lowest BCUT2D eigenvalue weighted by Gasteiger charge is -2.26. The average molecular weight is 372 g/mol. The van der Waals surface area contributed by atoms with Crippen molar-refractivity contribution >= 4 is 23.9 Å². The second-order valence-electron chi connectivity index (χ2n) is 6.96. The van der Waals surface area contributed by atoms with Crippen molar-refractivity contribution in [1.29, 1.82) is 0 Å². The number of amides is 3. The standard InChI is InChI=1S/C15H28N6O5/c1-15(2,3)26-14(24)19-9-6-8-21(12(9)23)10(11(22)20-25)5-4-7-18-13(16)17/h9-10,25H,4-8H2,1-3H3,(H,19,24)(H,20,22)(H4,16,17,18)/t9-,10-/m0/s1. The van der Waals surface area contributed by atoms with Crippen LogP contribution in [0.2, 0.25) is 0 Å². The van der Waals surface area contributed by atoms with E-state index in [9.17, 15) is 14.4 Å². The number of alkyl carbamates (subject to hydrolysis) is 1. The van der Waals surface area contributed by atoms with Crippen LogP contribution in [-0.2, 0) is 14.3 Å². The first kappa shape index (κ1) is 21.5. The van der Waals surface area contributed by atoms with E-state index in [0.717, 1.165) is 0 Å². The SMILES string of the molecule is CC(C)(C)OC(=O)N[C@H]1CCN([C@@H](CCCN=C(N)N)C(=O)NO)C1=O. The van der Waals surface area contributed by atoms with E-state index in [1.807, 2.05) is 0 Å². The lowest BCUT2D eigenvalue weighted by molar-refractivity contribution is -0.143. The molecule has 11 nitrogen and oxygen atoms in total. The summed E-state index contributed by atoms with van der Waals surface area (Å²) in [5.74, 6) is -1.18. The Labute approximate surface area is 152 Å². The van der Waals surface area contributed by atoms with Gasteiger partial charge in [-0.05, 0) is 40.0 Å². The van der Waals surface area contributed by atoms with E-state index in [0.29, 0.717) is 19.4 Å². The fraction of sp³-hybridized carbons (Fsp3) is 0.733. The number of hydrogen-bond donors (Lipinski definition) is 5. The van der Waals surface area contributed by atoms with Crippen molar-refractivity contribution in [2.24, 2.45) is 16.5 Å². The van der Waals surface area contributed by atoms with Crippen molar-refractivity contribution in [3.05, 3.63) is 0 Å². The van der Waals surface area contributed by atoms with Crippen LogP contribution in [0.1, 0.15) is 40.0 Å². The van der Waals surface area contributed by atoms with Crippen LogP contribution in [0.5, 0.6) is 0 Å². The molecule has 1 aliphatic heterocycles. The third kappa shape index (κ3) is 6.75. The second-order valence-corrected chi connectivity index (χ2v) is 6.96. The quantitative estimate of drug-likeness (QED) is 0.126. The first-order valence-corrected chi connectivity index (χ1v) is 8.34. The molecule has 26 heavy (non-hydrogen) atoms. The molecule has 148 valence electrons. The van der Waals surface area contributed by atoms with E-state index in [-0.39, 0.29) is 18.9 Å². The predicted molar refractivity (Wildman–Crippen MR) is 93.1 cm³/mol. The van der Waals surface area contributed by atoms with Crippen molar-refractivity contribution in [1.82, 2.24) is 15.7 Å². The number of carbonyl (C=O) groups is 3. The highest BCUT2D eigenvalue weighted by atomic mass is 16.6. The average Bonchev–Trinajstić information content (AvgIpc) is 2.85. The molecule has 1 saturated heterocycles. The number of rotatable bonds is 7. The third-order valence-corrected chi connectivity index (χ3v) is 3.65. The minimum atomic E-state index is -0.882. The largest absolute Gasteiger partial charge is 0.444 e. The Hall–Kier alpha value is -2.56. The van der Waals surface area contributed by atoms with Gasteiger partial charge in [0.25, 0.3) is 5.91 Å². The number of aliphatic imine (C=N–C) groups is 1. The molecule has 0 bridgehead atoms. The Morgan fingerprint density at radius 3 is 2.62 bits per heavy atom. The lowest BCUT2D eigenvalue weighted by Crippen LogP contribution is -2.50. The smallest absolute Gasteiger partial charge is 0.408 e. The van der Waals surface area contributed by atoms with Gasteiger partial charge in [-0.1, -0.05) is 0 Å². The lowest BCUT2D eigenvalue weighted by atomic mass is 10.1. The fourth-order valence-corrected chi connectivity index (χ4v) is 2.59. The Morgan fingerprint density at radius 2 is 2.08 bits per heavy atom. The van der Waals surface area contributed by atoms with Gasteiger partial charge in [-0.15, -0.1) is 0 Å². The molecule has 1 fully saturated rings. The zero-order chi connectivity index (χ0) is 19.9. The van der Waals surface area contributed by atoms with E-state index in [1.165, 1.54) is 4.90 Å². The number of carbonyl (C=O) groups excluding carboxylic acids is 3. The van der Waals surface area contributed by atoms with Crippen LogP contribution in [0, 0.1) is 0 Å². The predicted octanol–water partition coefficient (Wildman–Crippen LogP) is -0.960. The molecule has 0 aromatic carbocycles. The molecule has 7 N–H and O–H groups in total. The number of nitrogens with zero attached hydrogens (tertiary/aromatic N) is 2. The van der Waals surface area contributed by atoms with Crippen LogP contribution < -0.4 is 22.3 Å². The van der Waals surface area contributed by atoms with Gasteiger partial charge in [0, 0.05) is 13.1 Å². The number of hydrogen-bond acceptors (Lipinski definition) is 6. The zero-order valence-electron chi connectivity index (χ0n) is 15.3. The minimum Gasteiger partial charge on any atom is -0.444 e. The van der Waals surface area contributed by atoms with Gasteiger partial charge in [0.1, 0.15) is 17.7 Å². The summed E-state index contributed by atoms with van der Waals surface area (Å²) in [6.07, 6.45) is 0.327. The van der Waals surface area contributed by atoms with Gasteiger partial charge < -0.3 is 26.4 Å². The van der Waals surface area contributed by atoms with Crippen molar-refractivity contribution in [2.75, 3.05) is 13.1 Å². The van der Waals surface area contributed by atoms with E-state index < -0.39 is 35.6 Å². The van der Waals surface area contributed by atoms with E-state index in [4.69, 9.17) is 21.4 Å². The molecule has 0 aromatic heterocycles. The summed E-state index contributed by atoms with van der Waals surface area (Å²) < 4.78 is 5.14. The van der Waals surface area contributed by atoms with Crippen molar-refractivity contribution in [3.63, 3.8) is 0 Å². The first-order valence-electron chi connectivity index (χ1n) is 8.34. The third-order valence-electron chi connectivity index (χ3n) is 3.65. The van der Waals surface area contributed by atoms with Crippen LogP contribution >= 0.6 is 0 Å². The molecular formula is C15H28N6O5. The van der Waals surface area contributed by atoms with Gasteiger partial charge in [0.15, 0.2) is 5.96 Å². The summed E-state index contributed by atoms with van der Waals surface area (Å²) >= 11 is 0. The number of hydroxylamine groups is 1. The van der Waals surface area contributed by atoms with Gasteiger partial charge in [-0.3, -0.25) is 19.8 Å². The number of likely N-dealkylation sites (tertiary alicyclic amines) is 1. The normalized spacial score (nSPS) is 18.2.